The lowest BCUT2D eigenvalue weighted by Crippen LogP contribution is -2.45. The summed E-state index contributed by atoms with van der Waals surface area (Å²) in [6.07, 6.45) is -4.84. The molecule has 5 aromatic rings. The van der Waals surface area contributed by atoms with Crippen molar-refractivity contribution in [1.29, 1.82) is 0 Å². The summed E-state index contributed by atoms with van der Waals surface area (Å²) in [6.45, 7) is -0.165. The zero-order valence-electron chi connectivity index (χ0n) is 22.9. The van der Waals surface area contributed by atoms with Gasteiger partial charge in [-0.25, -0.2) is 9.18 Å². The van der Waals surface area contributed by atoms with Crippen molar-refractivity contribution in [3.63, 3.8) is 0 Å². The van der Waals surface area contributed by atoms with Crippen molar-refractivity contribution in [2.75, 3.05) is 0 Å². The molecule has 1 atom stereocenters. The van der Waals surface area contributed by atoms with Gasteiger partial charge in [-0.3, -0.25) is 4.79 Å². The molecule has 0 aliphatic heterocycles. The number of alkyl halides is 3. The third-order valence-corrected chi connectivity index (χ3v) is 6.92. The lowest BCUT2D eigenvalue weighted by molar-refractivity contribution is -0.274. The van der Waals surface area contributed by atoms with E-state index >= 15 is 0 Å². The standard InChI is InChI=1S/C34H25F4NO5/c35-25-14-18-27-24(19-25)13-17-28(31(27)43-20-21-11-15-26(16-12-21)44-34(36,37)38)32(40)39-30(33(41)42)29(22-7-3-1-4-8-22)23-9-5-2-6-10-23/h1-19,29-30H,20H2,(H,39,40)(H,41,42). The quantitative estimate of drug-likeness (QED) is 0.162. The zero-order valence-corrected chi connectivity index (χ0v) is 22.9. The Morgan fingerprint density at radius 2 is 1.41 bits per heavy atom. The minimum Gasteiger partial charge on any atom is -0.487 e. The molecule has 1 unspecified atom stereocenters. The number of amides is 1. The van der Waals surface area contributed by atoms with Crippen molar-refractivity contribution in [3.8, 4) is 11.5 Å². The second-order valence-corrected chi connectivity index (χ2v) is 9.88. The Balaban J connectivity index is 1.48. The first kappa shape index (κ1) is 30.1. The minimum atomic E-state index is -4.84. The van der Waals surface area contributed by atoms with Crippen LogP contribution in [0, 0.1) is 5.82 Å². The lowest BCUT2D eigenvalue weighted by atomic mass is 9.84. The zero-order chi connectivity index (χ0) is 31.3. The van der Waals surface area contributed by atoms with Gasteiger partial charge in [0.05, 0.1) is 5.56 Å². The summed E-state index contributed by atoms with van der Waals surface area (Å²) in [6, 6.07) is 28.3. The van der Waals surface area contributed by atoms with Crippen LogP contribution in [0.5, 0.6) is 11.5 Å². The second-order valence-electron chi connectivity index (χ2n) is 9.88. The van der Waals surface area contributed by atoms with Crippen LogP contribution in [0.3, 0.4) is 0 Å². The average molecular weight is 604 g/mol. The van der Waals surface area contributed by atoms with Crippen LogP contribution in [0.2, 0.25) is 0 Å². The summed E-state index contributed by atoms with van der Waals surface area (Å²) in [7, 11) is 0. The highest BCUT2D eigenvalue weighted by Crippen LogP contribution is 2.33. The van der Waals surface area contributed by atoms with Crippen molar-refractivity contribution in [1.82, 2.24) is 5.32 Å². The Hall–Kier alpha value is -5.38. The predicted molar refractivity (Wildman–Crippen MR) is 155 cm³/mol. The second kappa shape index (κ2) is 12.9. The molecule has 224 valence electrons. The summed E-state index contributed by atoms with van der Waals surface area (Å²) in [4.78, 5) is 26.4. The van der Waals surface area contributed by atoms with Gasteiger partial charge in [0.25, 0.3) is 5.91 Å². The van der Waals surface area contributed by atoms with E-state index in [-0.39, 0.29) is 17.9 Å². The number of rotatable bonds is 10. The van der Waals surface area contributed by atoms with Gasteiger partial charge in [0, 0.05) is 11.3 Å². The van der Waals surface area contributed by atoms with Crippen LogP contribution in [0.25, 0.3) is 10.8 Å². The lowest BCUT2D eigenvalue weighted by Gasteiger charge is -2.26. The number of hydrogen-bond donors (Lipinski definition) is 2. The van der Waals surface area contributed by atoms with E-state index in [2.05, 4.69) is 10.1 Å². The number of fused-ring (bicyclic) bond motifs is 1. The molecule has 10 heteroatoms. The summed E-state index contributed by atoms with van der Waals surface area (Å²) < 4.78 is 61.6. The number of carboxylic acid groups (broad SMARTS) is 1. The van der Waals surface area contributed by atoms with Crippen molar-refractivity contribution in [2.45, 2.75) is 24.9 Å². The third kappa shape index (κ3) is 7.15. The van der Waals surface area contributed by atoms with Crippen molar-refractivity contribution >= 4 is 22.6 Å². The molecule has 1 amide bonds. The molecule has 0 fully saturated rings. The van der Waals surface area contributed by atoms with E-state index in [1.165, 1.54) is 42.5 Å². The maximum absolute atomic E-state index is 14.0. The first-order valence-corrected chi connectivity index (χ1v) is 13.4. The third-order valence-electron chi connectivity index (χ3n) is 6.92. The Morgan fingerprint density at radius 1 is 0.795 bits per heavy atom. The molecule has 5 rings (SSSR count). The SMILES string of the molecule is O=C(NC(C(=O)O)C(c1ccccc1)c1ccccc1)c1ccc2cc(F)ccc2c1OCc1ccc(OC(F)(F)F)cc1. The van der Waals surface area contributed by atoms with Gasteiger partial charge < -0.3 is 19.9 Å². The smallest absolute Gasteiger partial charge is 0.487 e. The molecule has 0 spiro atoms. The number of benzene rings is 5. The molecule has 0 aromatic heterocycles. The molecule has 0 bridgehead atoms. The normalized spacial score (nSPS) is 12.1. The number of aliphatic carboxylic acids is 1. The van der Waals surface area contributed by atoms with E-state index in [9.17, 15) is 32.3 Å². The Kier molecular flexibility index (Phi) is 8.80. The molecule has 0 radical (unpaired) electrons. The number of nitrogens with one attached hydrogen (secondary N) is 1. The van der Waals surface area contributed by atoms with E-state index in [0.29, 0.717) is 27.5 Å². The Bertz CT molecular complexity index is 1720. The van der Waals surface area contributed by atoms with E-state index in [4.69, 9.17) is 4.74 Å². The van der Waals surface area contributed by atoms with Crippen LogP contribution in [-0.2, 0) is 11.4 Å². The number of carboxylic acids is 1. The molecule has 0 saturated carbocycles. The first-order chi connectivity index (χ1) is 21.1. The van der Waals surface area contributed by atoms with Gasteiger partial charge in [-0.15, -0.1) is 13.2 Å². The monoisotopic (exact) mass is 603 g/mol. The van der Waals surface area contributed by atoms with Gasteiger partial charge in [-0.05, 0) is 58.5 Å². The van der Waals surface area contributed by atoms with E-state index in [1.807, 2.05) is 0 Å². The highest BCUT2D eigenvalue weighted by atomic mass is 19.4. The van der Waals surface area contributed by atoms with Gasteiger partial charge in [-0.1, -0.05) is 78.9 Å². The fourth-order valence-electron chi connectivity index (χ4n) is 4.95. The van der Waals surface area contributed by atoms with Crippen LogP contribution in [0.1, 0.15) is 33.0 Å². The Labute approximate surface area is 249 Å². The van der Waals surface area contributed by atoms with Crippen LogP contribution in [-0.4, -0.2) is 29.4 Å². The number of ether oxygens (including phenoxy) is 2. The molecule has 6 nitrogen and oxygen atoms in total. The molecular formula is C34H25F4NO5. The van der Waals surface area contributed by atoms with Crippen LogP contribution < -0.4 is 14.8 Å². The number of carbonyl (C=O) groups excluding carboxylic acids is 1. The number of carbonyl (C=O) groups is 2. The van der Waals surface area contributed by atoms with E-state index in [1.54, 1.807) is 60.7 Å². The fraction of sp³-hybridized carbons (Fsp3) is 0.118. The van der Waals surface area contributed by atoms with Gasteiger partial charge in [0.2, 0.25) is 0 Å². The molecule has 44 heavy (non-hydrogen) atoms. The van der Waals surface area contributed by atoms with Gasteiger partial charge in [0.1, 0.15) is 30.0 Å². The fourth-order valence-corrected chi connectivity index (χ4v) is 4.95. The summed E-state index contributed by atoms with van der Waals surface area (Å²) in [5, 5.41) is 13.8. The minimum absolute atomic E-state index is 0.00717. The van der Waals surface area contributed by atoms with Crippen LogP contribution in [0.4, 0.5) is 17.6 Å². The van der Waals surface area contributed by atoms with Crippen molar-refractivity contribution < 1.29 is 41.7 Å². The first-order valence-electron chi connectivity index (χ1n) is 13.4. The maximum atomic E-state index is 14.0. The number of hydrogen-bond acceptors (Lipinski definition) is 4. The highest BCUT2D eigenvalue weighted by Gasteiger charge is 2.34. The molecule has 0 aliphatic carbocycles. The molecular weight excluding hydrogens is 578 g/mol. The highest BCUT2D eigenvalue weighted by molar-refractivity contribution is 6.05. The molecule has 0 aliphatic rings. The summed E-state index contributed by atoms with van der Waals surface area (Å²) >= 11 is 0. The molecule has 0 saturated heterocycles. The van der Waals surface area contributed by atoms with Gasteiger partial charge >= 0.3 is 12.3 Å². The molecule has 0 heterocycles. The van der Waals surface area contributed by atoms with Crippen molar-refractivity contribution in [2.24, 2.45) is 0 Å². The summed E-state index contributed by atoms with van der Waals surface area (Å²) in [5.41, 5.74) is 1.80. The predicted octanol–water partition coefficient (Wildman–Crippen LogP) is 7.47. The maximum Gasteiger partial charge on any atom is 0.573 e. The largest absolute Gasteiger partial charge is 0.573 e. The van der Waals surface area contributed by atoms with Crippen molar-refractivity contribution in [3.05, 3.63) is 143 Å². The topological polar surface area (TPSA) is 84.9 Å². The Morgan fingerprint density at radius 3 is 1.98 bits per heavy atom. The van der Waals surface area contributed by atoms with Gasteiger partial charge in [0.15, 0.2) is 0 Å². The van der Waals surface area contributed by atoms with E-state index < -0.39 is 41.8 Å². The average Bonchev–Trinajstić information content (AvgIpc) is 3.00. The van der Waals surface area contributed by atoms with Gasteiger partial charge in [-0.2, -0.15) is 0 Å². The number of halogens is 4. The molecule has 5 aromatic carbocycles. The van der Waals surface area contributed by atoms with Crippen LogP contribution in [0.15, 0.2) is 115 Å². The summed E-state index contributed by atoms with van der Waals surface area (Å²) in [5.74, 6) is -3.62. The van der Waals surface area contributed by atoms with E-state index in [0.717, 1.165) is 12.1 Å². The van der Waals surface area contributed by atoms with Crippen LogP contribution >= 0.6 is 0 Å². The molecule has 2 N–H and O–H groups in total.